The fourth-order valence-corrected chi connectivity index (χ4v) is 2.18. The van der Waals surface area contributed by atoms with Crippen molar-refractivity contribution < 1.29 is 9.90 Å². The number of amides is 1. The van der Waals surface area contributed by atoms with Gasteiger partial charge in [-0.15, -0.1) is 0 Å². The smallest absolute Gasteiger partial charge is 0.220 e. The maximum Gasteiger partial charge on any atom is 0.220 e. The van der Waals surface area contributed by atoms with Crippen LogP contribution < -0.4 is 11.1 Å². The van der Waals surface area contributed by atoms with Gasteiger partial charge in [0, 0.05) is 19.1 Å². The third-order valence-corrected chi connectivity index (χ3v) is 3.56. The first-order valence-electron chi connectivity index (χ1n) is 7.15. The summed E-state index contributed by atoms with van der Waals surface area (Å²) in [6.45, 7) is 7.19. The first-order chi connectivity index (χ1) is 8.54. The summed E-state index contributed by atoms with van der Waals surface area (Å²) in [6, 6.07) is 0.106. The van der Waals surface area contributed by atoms with Gasteiger partial charge in [0.1, 0.15) is 0 Å². The van der Waals surface area contributed by atoms with Crippen LogP contribution in [0, 0.1) is 11.8 Å². The van der Waals surface area contributed by atoms with E-state index in [2.05, 4.69) is 19.2 Å². The Kier molecular flexibility index (Phi) is 9.98. The van der Waals surface area contributed by atoms with Crippen LogP contribution in [0.15, 0.2) is 0 Å². The van der Waals surface area contributed by atoms with Crippen molar-refractivity contribution in [2.45, 2.75) is 58.9 Å². The van der Waals surface area contributed by atoms with Gasteiger partial charge in [-0.1, -0.05) is 20.8 Å². The van der Waals surface area contributed by atoms with Crippen molar-refractivity contribution in [3.8, 4) is 0 Å². The first-order valence-corrected chi connectivity index (χ1v) is 7.15. The van der Waals surface area contributed by atoms with Crippen molar-refractivity contribution in [1.82, 2.24) is 5.32 Å². The largest absolute Gasteiger partial charge is 0.396 e. The van der Waals surface area contributed by atoms with Gasteiger partial charge in [0.15, 0.2) is 0 Å². The highest BCUT2D eigenvalue weighted by molar-refractivity contribution is 5.76. The maximum absolute atomic E-state index is 11.8. The molecule has 0 bridgehead atoms. The zero-order valence-electron chi connectivity index (χ0n) is 12.1. The average molecular weight is 258 g/mol. The Morgan fingerprint density at radius 2 is 1.94 bits per heavy atom. The van der Waals surface area contributed by atoms with E-state index < -0.39 is 0 Å². The van der Waals surface area contributed by atoms with E-state index in [0.717, 1.165) is 19.3 Å². The van der Waals surface area contributed by atoms with Crippen molar-refractivity contribution in [3.63, 3.8) is 0 Å². The Morgan fingerprint density at radius 3 is 2.39 bits per heavy atom. The van der Waals surface area contributed by atoms with Gasteiger partial charge in [-0.2, -0.15) is 0 Å². The van der Waals surface area contributed by atoms with Gasteiger partial charge in [0.05, 0.1) is 0 Å². The molecule has 4 heteroatoms. The molecule has 0 radical (unpaired) electrons. The number of aliphatic hydroxyl groups is 1. The number of carbonyl (C=O) groups is 1. The molecule has 0 aromatic heterocycles. The molecule has 4 nitrogen and oxygen atoms in total. The lowest BCUT2D eigenvalue weighted by Gasteiger charge is -2.21. The number of nitrogens with two attached hydrogens (primary N) is 1. The minimum Gasteiger partial charge on any atom is -0.396 e. The topological polar surface area (TPSA) is 75.3 Å². The molecule has 2 unspecified atom stereocenters. The lowest BCUT2D eigenvalue weighted by Crippen LogP contribution is -2.35. The summed E-state index contributed by atoms with van der Waals surface area (Å²) < 4.78 is 0. The van der Waals surface area contributed by atoms with Crippen LogP contribution in [0.3, 0.4) is 0 Å². The molecule has 0 aromatic carbocycles. The van der Waals surface area contributed by atoms with E-state index in [9.17, 15) is 4.79 Å². The fraction of sp³-hybridized carbons (Fsp3) is 0.929. The van der Waals surface area contributed by atoms with E-state index in [4.69, 9.17) is 10.8 Å². The highest BCUT2D eigenvalue weighted by Crippen LogP contribution is 2.20. The van der Waals surface area contributed by atoms with Gasteiger partial charge >= 0.3 is 0 Å². The molecule has 0 fully saturated rings. The van der Waals surface area contributed by atoms with E-state index in [1.807, 2.05) is 6.92 Å². The summed E-state index contributed by atoms with van der Waals surface area (Å²) >= 11 is 0. The van der Waals surface area contributed by atoms with Crippen molar-refractivity contribution in [2.75, 3.05) is 13.2 Å². The third kappa shape index (κ3) is 7.67. The molecular weight excluding hydrogens is 228 g/mol. The number of hydrogen-bond donors (Lipinski definition) is 3. The number of rotatable bonds is 10. The monoisotopic (exact) mass is 258 g/mol. The Bertz CT molecular complexity index is 220. The van der Waals surface area contributed by atoms with Gasteiger partial charge in [-0.25, -0.2) is 0 Å². The predicted molar refractivity (Wildman–Crippen MR) is 75.2 cm³/mol. The summed E-state index contributed by atoms with van der Waals surface area (Å²) in [4.78, 5) is 11.8. The van der Waals surface area contributed by atoms with Crippen molar-refractivity contribution >= 4 is 5.91 Å². The number of carbonyl (C=O) groups excluding carboxylic acids is 1. The molecule has 18 heavy (non-hydrogen) atoms. The van der Waals surface area contributed by atoms with Crippen LogP contribution in [0.5, 0.6) is 0 Å². The minimum atomic E-state index is 0.0953. The molecule has 0 heterocycles. The second-order valence-electron chi connectivity index (χ2n) is 5.31. The number of nitrogens with one attached hydrogen (secondary N) is 1. The van der Waals surface area contributed by atoms with E-state index in [1.165, 1.54) is 0 Å². The highest BCUT2D eigenvalue weighted by Gasteiger charge is 2.15. The summed E-state index contributed by atoms with van der Waals surface area (Å²) in [6.07, 6.45) is 3.95. The van der Waals surface area contributed by atoms with Crippen LogP contribution in [0.25, 0.3) is 0 Å². The quantitative estimate of drug-likeness (QED) is 0.558. The van der Waals surface area contributed by atoms with Crippen LogP contribution in [0.4, 0.5) is 0 Å². The summed E-state index contributed by atoms with van der Waals surface area (Å²) in [5, 5.41) is 11.9. The Labute approximate surface area is 111 Å². The molecule has 0 aliphatic carbocycles. The normalized spacial score (nSPS) is 14.6. The van der Waals surface area contributed by atoms with Crippen LogP contribution in [0.1, 0.15) is 52.9 Å². The molecule has 0 aromatic rings. The van der Waals surface area contributed by atoms with Crippen LogP contribution >= 0.6 is 0 Å². The molecule has 0 saturated heterocycles. The highest BCUT2D eigenvalue weighted by atomic mass is 16.3. The van der Waals surface area contributed by atoms with Gasteiger partial charge in [-0.05, 0) is 44.1 Å². The molecule has 2 atom stereocenters. The van der Waals surface area contributed by atoms with Crippen LogP contribution in [-0.2, 0) is 4.79 Å². The molecule has 0 spiro atoms. The Hall–Kier alpha value is -0.610. The lowest BCUT2D eigenvalue weighted by atomic mass is 9.88. The SMILES string of the molecule is CCC(CCO)NC(=O)CCC(CCN)C(C)C. The predicted octanol–water partition coefficient (Wildman–Crippen LogP) is 1.66. The molecule has 0 rings (SSSR count). The van der Waals surface area contributed by atoms with E-state index in [0.29, 0.717) is 31.2 Å². The third-order valence-electron chi connectivity index (χ3n) is 3.56. The average Bonchev–Trinajstić information content (AvgIpc) is 2.33. The summed E-state index contributed by atoms with van der Waals surface area (Å²) in [5.41, 5.74) is 5.59. The molecular formula is C14H30N2O2. The zero-order chi connectivity index (χ0) is 14.0. The zero-order valence-corrected chi connectivity index (χ0v) is 12.1. The molecule has 0 aliphatic rings. The number of hydrogen-bond acceptors (Lipinski definition) is 3. The summed E-state index contributed by atoms with van der Waals surface area (Å²) in [5.74, 6) is 1.19. The molecule has 1 amide bonds. The molecule has 108 valence electrons. The van der Waals surface area contributed by atoms with Crippen molar-refractivity contribution in [2.24, 2.45) is 17.6 Å². The second-order valence-corrected chi connectivity index (χ2v) is 5.31. The van der Waals surface area contributed by atoms with E-state index in [-0.39, 0.29) is 18.6 Å². The van der Waals surface area contributed by atoms with Crippen molar-refractivity contribution in [1.29, 1.82) is 0 Å². The standard InChI is InChI=1S/C14H30N2O2/c1-4-13(8-10-17)16-14(18)6-5-12(7-9-15)11(2)3/h11-13,17H,4-10,15H2,1-3H3,(H,16,18). The van der Waals surface area contributed by atoms with E-state index in [1.54, 1.807) is 0 Å². The Balaban J connectivity index is 3.99. The molecule has 4 N–H and O–H groups in total. The molecule has 0 saturated carbocycles. The number of aliphatic hydroxyl groups excluding tert-OH is 1. The van der Waals surface area contributed by atoms with Gasteiger partial charge in [-0.3, -0.25) is 4.79 Å². The van der Waals surface area contributed by atoms with Gasteiger partial charge < -0.3 is 16.2 Å². The summed E-state index contributed by atoms with van der Waals surface area (Å²) in [7, 11) is 0. The second kappa shape index (κ2) is 10.3. The van der Waals surface area contributed by atoms with Gasteiger partial charge in [0.25, 0.3) is 0 Å². The first kappa shape index (κ1) is 17.4. The van der Waals surface area contributed by atoms with Crippen LogP contribution in [0.2, 0.25) is 0 Å². The van der Waals surface area contributed by atoms with Crippen LogP contribution in [-0.4, -0.2) is 30.2 Å². The van der Waals surface area contributed by atoms with Gasteiger partial charge in [0.2, 0.25) is 5.91 Å². The van der Waals surface area contributed by atoms with Crippen molar-refractivity contribution in [3.05, 3.63) is 0 Å². The maximum atomic E-state index is 11.8. The lowest BCUT2D eigenvalue weighted by molar-refractivity contribution is -0.122. The fourth-order valence-electron chi connectivity index (χ4n) is 2.18. The molecule has 0 aliphatic heterocycles. The Morgan fingerprint density at radius 1 is 1.28 bits per heavy atom. The minimum absolute atomic E-state index is 0.0953. The van der Waals surface area contributed by atoms with E-state index >= 15 is 0 Å².